The van der Waals surface area contributed by atoms with Gasteiger partial charge in [-0.1, -0.05) is 12.1 Å². The van der Waals surface area contributed by atoms with Crippen LogP contribution >= 0.6 is 0 Å². The Morgan fingerprint density at radius 3 is 3.17 bits per heavy atom. The molecule has 98 valence electrons. The second-order valence-corrected chi connectivity index (χ2v) is 4.44. The smallest absolute Gasteiger partial charge is 0.183 e. The number of ether oxygens (including phenoxy) is 2. The molecule has 1 unspecified atom stereocenters. The number of benzene rings is 1. The van der Waals surface area contributed by atoms with E-state index in [2.05, 4.69) is 11.1 Å². The Morgan fingerprint density at radius 1 is 1.50 bits per heavy atom. The Hall–Kier alpha value is -1.55. The van der Waals surface area contributed by atoms with Crippen molar-refractivity contribution in [1.29, 1.82) is 0 Å². The fraction of sp³-hybridized carbons (Fsp3) is 0.500. The predicted octanol–water partition coefficient (Wildman–Crippen LogP) is 1.77. The number of methoxy groups -OCH3 is 1. The van der Waals surface area contributed by atoms with E-state index < -0.39 is 0 Å². The first-order valence-electron chi connectivity index (χ1n) is 6.34. The van der Waals surface area contributed by atoms with Crippen molar-refractivity contribution in [3.8, 4) is 5.75 Å². The number of hydrogen-bond donors (Lipinski definition) is 1. The molecule has 1 aliphatic heterocycles. The van der Waals surface area contributed by atoms with Gasteiger partial charge >= 0.3 is 0 Å². The molecule has 2 N–H and O–H groups in total. The van der Waals surface area contributed by atoms with E-state index in [0.29, 0.717) is 13.2 Å². The Balaban J connectivity index is 1.91. The Kier molecular flexibility index (Phi) is 4.59. The van der Waals surface area contributed by atoms with Crippen LogP contribution in [0, 0.1) is 0 Å². The molecule has 4 nitrogen and oxygen atoms in total. The zero-order chi connectivity index (χ0) is 12.8. The van der Waals surface area contributed by atoms with Gasteiger partial charge in [-0.3, -0.25) is 0 Å². The molecule has 2 rings (SSSR count). The average molecular weight is 248 g/mol. The first kappa shape index (κ1) is 12.9. The average Bonchev–Trinajstić information content (AvgIpc) is 2.84. The molecule has 0 aliphatic carbocycles. The van der Waals surface area contributed by atoms with Gasteiger partial charge in [0.2, 0.25) is 0 Å². The SMILES string of the molecule is COc1cccc(CC2COC(CCCN)=N2)c1. The summed E-state index contributed by atoms with van der Waals surface area (Å²) in [6, 6.07) is 8.32. The van der Waals surface area contributed by atoms with E-state index in [4.69, 9.17) is 15.2 Å². The normalized spacial score (nSPS) is 18.3. The lowest BCUT2D eigenvalue weighted by Gasteiger charge is -2.06. The summed E-state index contributed by atoms with van der Waals surface area (Å²) < 4.78 is 10.8. The van der Waals surface area contributed by atoms with Gasteiger partial charge in [0.1, 0.15) is 12.4 Å². The minimum atomic E-state index is 0.227. The Bertz CT molecular complexity index is 418. The molecule has 1 aromatic rings. The first-order chi connectivity index (χ1) is 8.81. The summed E-state index contributed by atoms with van der Waals surface area (Å²) >= 11 is 0. The van der Waals surface area contributed by atoms with E-state index in [-0.39, 0.29) is 6.04 Å². The maximum absolute atomic E-state index is 5.56. The summed E-state index contributed by atoms with van der Waals surface area (Å²) in [5.41, 5.74) is 6.70. The van der Waals surface area contributed by atoms with Gasteiger partial charge < -0.3 is 15.2 Å². The van der Waals surface area contributed by atoms with Gasteiger partial charge in [0.15, 0.2) is 5.90 Å². The van der Waals surface area contributed by atoms with E-state index >= 15 is 0 Å². The topological polar surface area (TPSA) is 56.8 Å². The van der Waals surface area contributed by atoms with Crippen LogP contribution in [-0.4, -0.2) is 32.2 Å². The lowest BCUT2D eigenvalue weighted by molar-refractivity contribution is 0.308. The van der Waals surface area contributed by atoms with Crippen LogP contribution in [0.1, 0.15) is 18.4 Å². The molecular formula is C14H20N2O2. The third-order valence-electron chi connectivity index (χ3n) is 2.97. The summed E-state index contributed by atoms with van der Waals surface area (Å²) in [6.07, 6.45) is 2.68. The van der Waals surface area contributed by atoms with E-state index in [9.17, 15) is 0 Å². The standard InChI is InChI=1S/C14H20N2O2/c1-17-13-5-2-4-11(9-13)8-12-10-18-14(16-12)6-3-7-15/h2,4-5,9,12H,3,6-8,10,15H2,1H3. The van der Waals surface area contributed by atoms with Crippen LogP contribution in [0.4, 0.5) is 0 Å². The number of rotatable bonds is 6. The summed E-state index contributed by atoms with van der Waals surface area (Å²) in [7, 11) is 1.68. The zero-order valence-corrected chi connectivity index (χ0v) is 10.8. The third kappa shape index (κ3) is 3.47. The molecule has 18 heavy (non-hydrogen) atoms. The van der Waals surface area contributed by atoms with Crippen molar-refractivity contribution >= 4 is 5.90 Å². The Morgan fingerprint density at radius 2 is 2.39 bits per heavy atom. The third-order valence-corrected chi connectivity index (χ3v) is 2.97. The van der Waals surface area contributed by atoms with Gasteiger partial charge in [0, 0.05) is 6.42 Å². The van der Waals surface area contributed by atoms with Crippen molar-refractivity contribution < 1.29 is 9.47 Å². The van der Waals surface area contributed by atoms with Gasteiger partial charge in [-0.25, -0.2) is 4.99 Å². The van der Waals surface area contributed by atoms with Crippen LogP contribution in [0.15, 0.2) is 29.3 Å². The second kappa shape index (κ2) is 6.40. The fourth-order valence-corrected chi connectivity index (χ4v) is 2.04. The maximum Gasteiger partial charge on any atom is 0.183 e. The summed E-state index contributed by atoms with van der Waals surface area (Å²) in [6.45, 7) is 1.36. The van der Waals surface area contributed by atoms with E-state index in [1.807, 2.05) is 18.2 Å². The molecule has 1 aromatic carbocycles. The van der Waals surface area contributed by atoms with Crippen molar-refractivity contribution in [2.75, 3.05) is 20.3 Å². The lowest BCUT2D eigenvalue weighted by atomic mass is 10.1. The highest BCUT2D eigenvalue weighted by Crippen LogP contribution is 2.17. The number of nitrogens with zero attached hydrogens (tertiary/aromatic N) is 1. The molecule has 0 radical (unpaired) electrons. The highest BCUT2D eigenvalue weighted by Gasteiger charge is 2.18. The molecule has 0 amide bonds. The second-order valence-electron chi connectivity index (χ2n) is 4.44. The van der Waals surface area contributed by atoms with E-state index in [0.717, 1.165) is 30.9 Å². The maximum atomic E-state index is 5.56. The van der Waals surface area contributed by atoms with Crippen LogP contribution < -0.4 is 10.5 Å². The summed E-state index contributed by atoms with van der Waals surface area (Å²) in [5.74, 6) is 1.74. The van der Waals surface area contributed by atoms with Crippen LogP contribution in [0.5, 0.6) is 5.75 Å². The van der Waals surface area contributed by atoms with Gasteiger partial charge in [0.25, 0.3) is 0 Å². The van der Waals surface area contributed by atoms with Gasteiger partial charge in [-0.15, -0.1) is 0 Å². The molecule has 1 aliphatic rings. The van der Waals surface area contributed by atoms with Crippen molar-refractivity contribution in [3.63, 3.8) is 0 Å². The van der Waals surface area contributed by atoms with Crippen molar-refractivity contribution in [1.82, 2.24) is 0 Å². The Labute approximate surface area is 108 Å². The molecule has 0 bridgehead atoms. The van der Waals surface area contributed by atoms with E-state index in [1.165, 1.54) is 5.56 Å². The first-order valence-corrected chi connectivity index (χ1v) is 6.34. The van der Waals surface area contributed by atoms with Crippen molar-refractivity contribution in [2.24, 2.45) is 10.7 Å². The highest BCUT2D eigenvalue weighted by atomic mass is 16.5. The molecule has 1 atom stereocenters. The minimum Gasteiger partial charge on any atom is -0.497 e. The molecule has 0 aromatic heterocycles. The van der Waals surface area contributed by atoms with Crippen LogP contribution in [0.25, 0.3) is 0 Å². The van der Waals surface area contributed by atoms with E-state index in [1.54, 1.807) is 7.11 Å². The largest absolute Gasteiger partial charge is 0.497 e. The fourth-order valence-electron chi connectivity index (χ4n) is 2.04. The van der Waals surface area contributed by atoms with Crippen molar-refractivity contribution in [3.05, 3.63) is 29.8 Å². The zero-order valence-electron chi connectivity index (χ0n) is 10.8. The van der Waals surface area contributed by atoms with Gasteiger partial charge in [-0.2, -0.15) is 0 Å². The minimum absolute atomic E-state index is 0.227. The number of aliphatic imine (C=N–C) groups is 1. The highest BCUT2D eigenvalue weighted by molar-refractivity contribution is 5.77. The number of hydrogen-bond acceptors (Lipinski definition) is 4. The number of nitrogens with two attached hydrogens (primary N) is 1. The summed E-state index contributed by atoms with van der Waals surface area (Å²) in [4.78, 5) is 4.57. The quantitative estimate of drug-likeness (QED) is 0.834. The lowest BCUT2D eigenvalue weighted by Crippen LogP contribution is -2.10. The predicted molar refractivity (Wildman–Crippen MR) is 72.2 cm³/mol. The monoisotopic (exact) mass is 248 g/mol. The van der Waals surface area contributed by atoms with Crippen LogP contribution in [-0.2, 0) is 11.2 Å². The molecule has 0 fully saturated rings. The molecule has 0 saturated heterocycles. The molecule has 0 saturated carbocycles. The van der Waals surface area contributed by atoms with Crippen LogP contribution in [0.3, 0.4) is 0 Å². The molecule has 1 heterocycles. The van der Waals surface area contributed by atoms with Gasteiger partial charge in [0.05, 0.1) is 13.2 Å². The molecule has 0 spiro atoms. The molecule has 4 heteroatoms. The molecular weight excluding hydrogens is 228 g/mol. The van der Waals surface area contributed by atoms with Gasteiger partial charge in [-0.05, 0) is 37.1 Å². The van der Waals surface area contributed by atoms with Crippen LogP contribution in [0.2, 0.25) is 0 Å². The van der Waals surface area contributed by atoms with Crippen molar-refractivity contribution in [2.45, 2.75) is 25.3 Å². The summed E-state index contributed by atoms with van der Waals surface area (Å²) in [5, 5.41) is 0.